The first-order valence-electron chi connectivity index (χ1n) is 6.52. The standard InChI is InChI=1S/C14H20Cl2N2OS/c1-3-7-18-14(2,13(17)19)6-8-20-10-4-5-11(15)12(16)9-10/h4-5,9,18H,3,6-8H2,1-2H3,(H2,17,19). The number of halogens is 2. The summed E-state index contributed by atoms with van der Waals surface area (Å²) in [6.45, 7) is 4.68. The minimum atomic E-state index is -0.667. The lowest BCUT2D eigenvalue weighted by molar-refractivity contribution is -0.123. The second-order valence-electron chi connectivity index (χ2n) is 4.80. The molecule has 0 saturated carbocycles. The number of nitrogens with one attached hydrogen (secondary N) is 1. The Morgan fingerprint density at radius 3 is 2.65 bits per heavy atom. The predicted octanol–water partition coefficient (Wildman–Crippen LogP) is 3.72. The van der Waals surface area contributed by atoms with Crippen molar-refractivity contribution in [2.75, 3.05) is 12.3 Å². The van der Waals surface area contributed by atoms with Crippen molar-refractivity contribution in [1.29, 1.82) is 0 Å². The van der Waals surface area contributed by atoms with E-state index in [2.05, 4.69) is 12.2 Å². The number of carbonyl (C=O) groups excluding carboxylic acids is 1. The third-order valence-corrected chi connectivity index (χ3v) is 4.81. The molecule has 3 N–H and O–H groups in total. The van der Waals surface area contributed by atoms with Crippen LogP contribution in [0.4, 0.5) is 0 Å². The van der Waals surface area contributed by atoms with Gasteiger partial charge in [-0.05, 0) is 44.5 Å². The molecule has 20 heavy (non-hydrogen) atoms. The Kier molecular flexibility index (Phi) is 7.17. The maximum Gasteiger partial charge on any atom is 0.237 e. The number of hydrogen-bond donors (Lipinski definition) is 2. The van der Waals surface area contributed by atoms with Crippen molar-refractivity contribution >= 4 is 40.9 Å². The van der Waals surface area contributed by atoms with Gasteiger partial charge in [-0.1, -0.05) is 30.1 Å². The molecular formula is C14H20Cl2N2OS. The number of benzene rings is 1. The summed E-state index contributed by atoms with van der Waals surface area (Å²) in [5.41, 5.74) is 4.82. The van der Waals surface area contributed by atoms with Gasteiger partial charge in [-0.25, -0.2) is 0 Å². The minimum Gasteiger partial charge on any atom is -0.368 e. The summed E-state index contributed by atoms with van der Waals surface area (Å²) in [5.74, 6) is 0.453. The number of thioether (sulfide) groups is 1. The number of primary amides is 1. The molecule has 1 aromatic carbocycles. The summed E-state index contributed by atoms with van der Waals surface area (Å²) in [4.78, 5) is 12.6. The Bertz CT molecular complexity index is 470. The Morgan fingerprint density at radius 1 is 1.40 bits per heavy atom. The van der Waals surface area contributed by atoms with Crippen molar-refractivity contribution in [2.24, 2.45) is 5.73 Å². The molecule has 0 aliphatic rings. The molecule has 0 aliphatic carbocycles. The smallest absolute Gasteiger partial charge is 0.237 e. The van der Waals surface area contributed by atoms with E-state index in [9.17, 15) is 4.79 Å². The highest BCUT2D eigenvalue weighted by atomic mass is 35.5. The maximum atomic E-state index is 11.6. The Balaban J connectivity index is 2.55. The maximum absolute atomic E-state index is 11.6. The summed E-state index contributed by atoms with van der Waals surface area (Å²) < 4.78 is 0. The van der Waals surface area contributed by atoms with Crippen LogP contribution in [0.15, 0.2) is 23.1 Å². The first kappa shape index (κ1) is 17.6. The summed E-state index contributed by atoms with van der Waals surface area (Å²) in [6.07, 6.45) is 1.62. The molecule has 0 bridgehead atoms. The molecule has 0 radical (unpaired) electrons. The fraction of sp³-hybridized carbons (Fsp3) is 0.500. The van der Waals surface area contributed by atoms with Crippen molar-refractivity contribution in [3.63, 3.8) is 0 Å². The van der Waals surface area contributed by atoms with E-state index in [1.54, 1.807) is 17.8 Å². The van der Waals surface area contributed by atoms with Crippen LogP contribution in [-0.4, -0.2) is 23.7 Å². The summed E-state index contributed by atoms with van der Waals surface area (Å²) in [5, 5.41) is 4.30. The molecule has 1 aromatic rings. The van der Waals surface area contributed by atoms with Crippen molar-refractivity contribution in [3.8, 4) is 0 Å². The van der Waals surface area contributed by atoms with Gasteiger partial charge in [-0.2, -0.15) is 0 Å². The van der Waals surface area contributed by atoms with Gasteiger partial charge < -0.3 is 11.1 Å². The molecule has 112 valence electrons. The van der Waals surface area contributed by atoms with Crippen LogP contribution in [0.25, 0.3) is 0 Å². The molecule has 0 fully saturated rings. The van der Waals surface area contributed by atoms with E-state index < -0.39 is 5.54 Å². The highest BCUT2D eigenvalue weighted by Gasteiger charge is 2.29. The van der Waals surface area contributed by atoms with E-state index in [1.165, 1.54) is 0 Å². The molecule has 0 spiro atoms. The van der Waals surface area contributed by atoms with Gasteiger partial charge in [-0.3, -0.25) is 4.79 Å². The van der Waals surface area contributed by atoms with Gasteiger partial charge >= 0.3 is 0 Å². The summed E-state index contributed by atoms with van der Waals surface area (Å²) >= 11 is 13.5. The number of carbonyl (C=O) groups is 1. The second-order valence-corrected chi connectivity index (χ2v) is 6.78. The van der Waals surface area contributed by atoms with Crippen molar-refractivity contribution < 1.29 is 4.79 Å². The van der Waals surface area contributed by atoms with Crippen molar-refractivity contribution in [3.05, 3.63) is 28.2 Å². The van der Waals surface area contributed by atoms with Crippen LogP contribution in [0.3, 0.4) is 0 Å². The molecule has 1 atom stereocenters. The van der Waals surface area contributed by atoms with Gasteiger partial charge in [0.15, 0.2) is 0 Å². The van der Waals surface area contributed by atoms with Crippen LogP contribution in [0.2, 0.25) is 10.0 Å². The zero-order chi connectivity index (χ0) is 15.2. The van der Waals surface area contributed by atoms with Gasteiger partial charge in [0.25, 0.3) is 0 Å². The first-order valence-corrected chi connectivity index (χ1v) is 8.26. The normalized spacial score (nSPS) is 14.0. The van der Waals surface area contributed by atoms with Crippen LogP contribution in [0.5, 0.6) is 0 Å². The van der Waals surface area contributed by atoms with E-state index in [0.717, 1.165) is 23.6 Å². The zero-order valence-electron chi connectivity index (χ0n) is 11.7. The molecule has 1 amide bonds. The van der Waals surface area contributed by atoms with E-state index in [0.29, 0.717) is 16.5 Å². The van der Waals surface area contributed by atoms with Crippen molar-refractivity contribution in [2.45, 2.75) is 37.1 Å². The minimum absolute atomic E-state index is 0.319. The quantitative estimate of drug-likeness (QED) is 0.712. The zero-order valence-corrected chi connectivity index (χ0v) is 14.0. The molecule has 0 aromatic heterocycles. The topological polar surface area (TPSA) is 55.1 Å². The molecule has 0 aliphatic heterocycles. The number of hydrogen-bond acceptors (Lipinski definition) is 3. The second kappa shape index (κ2) is 8.13. The summed E-state index contributed by atoms with van der Waals surface area (Å²) in [7, 11) is 0. The molecule has 3 nitrogen and oxygen atoms in total. The summed E-state index contributed by atoms with van der Waals surface area (Å²) in [6, 6.07) is 5.52. The van der Waals surface area contributed by atoms with Gasteiger partial charge in [0.1, 0.15) is 0 Å². The van der Waals surface area contributed by atoms with Crippen LogP contribution in [0, 0.1) is 0 Å². The Morgan fingerprint density at radius 2 is 2.10 bits per heavy atom. The third-order valence-electron chi connectivity index (χ3n) is 3.07. The average Bonchev–Trinajstić information content (AvgIpc) is 2.40. The van der Waals surface area contributed by atoms with Crippen molar-refractivity contribution in [1.82, 2.24) is 5.32 Å². The van der Waals surface area contributed by atoms with Gasteiger partial charge in [0.05, 0.1) is 15.6 Å². The van der Waals surface area contributed by atoms with Gasteiger partial charge in [0.2, 0.25) is 5.91 Å². The SMILES string of the molecule is CCCNC(C)(CCSc1ccc(Cl)c(Cl)c1)C(N)=O. The van der Waals surface area contributed by atoms with E-state index in [1.807, 2.05) is 19.1 Å². The number of nitrogens with two attached hydrogens (primary N) is 1. The molecule has 1 unspecified atom stereocenters. The average molecular weight is 335 g/mol. The van der Waals surface area contributed by atoms with Crippen LogP contribution >= 0.6 is 35.0 Å². The van der Waals surface area contributed by atoms with E-state index in [-0.39, 0.29) is 5.91 Å². The molecule has 0 heterocycles. The monoisotopic (exact) mass is 334 g/mol. The number of rotatable bonds is 8. The lowest BCUT2D eigenvalue weighted by Crippen LogP contribution is -2.53. The van der Waals surface area contributed by atoms with E-state index in [4.69, 9.17) is 28.9 Å². The fourth-order valence-electron chi connectivity index (χ4n) is 1.64. The van der Waals surface area contributed by atoms with Crippen LogP contribution < -0.4 is 11.1 Å². The third kappa shape index (κ3) is 5.17. The van der Waals surface area contributed by atoms with E-state index >= 15 is 0 Å². The highest BCUT2D eigenvalue weighted by molar-refractivity contribution is 7.99. The molecule has 6 heteroatoms. The lowest BCUT2D eigenvalue weighted by Gasteiger charge is -2.27. The first-order chi connectivity index (χ1) is 9.39. The Labute approximate surface area is 134 Å². The lowest BCUT2D eigenvalue weighted by atomic mass is 9.98. The highest BCUT2D eigenvalue weighted by Crippen LogP contribution is 2.29. The predicted molar refractivity (Wildman–Crippen MR) is 87.7 cm³/mol. The largest absolute Gasteiger partial charge is 0.368 e. The number of amides is 1. The van der Waals surface area contributed by atoms with Gasteiger partial charge in [-0.15, -0.1) is 11.8 Å². The Hall–Kier alpha value is -0.420. The molecular weight excluding hydrogens is 315 g/mol. The van der Waals surface area contributed by atoms with Crippen LogP contribution in [0.1, 0.15) is 26.7 Å². The van der Waals surface area contributed by atoms with Gasteiger partial charge in [0, 0.05) is 10.6 Å². The van der Waals surface area contributed by atoms with Crippen LogP contribution in [-0.2, 0) is 4.79 Å². The molecule has 0 saturated heterocycles. The molecule has 1 rings (SSSR count). The fourth-order valence-corrected chi connectivity index (χ4v) is 3.11.